The molecule has 0 spiro atoms. The summed E-state index contributed by atoms with van der Waals surface area (Å²) in [6.45, 7) is -0.971. The van der Waals surface area contributed by atoms with Crippen LogP contribution < -0.4 is 5.32 Å². The summed E-state index contributed by atoms with van der Waals surface area (Å²) >= 11 is 7.29. The number of halogens is 1. The maximum absolute atomic E-state index is 12.7. The average Bonchev–Trinajstić information content (AvgIpc) is 3.63. The molecule has 0 aliphatic rings. The second-order valence-corrected chi connectivity index (χ2v) is 9.39. The lowest BCUT2D eigenvalue weighted by molar-refractivity contribution is -0.185. The van der Waals surface area contributed by atoms with Gasteiger partial charge in [0.2, 0.25) is 10.9 Å². The summed E-state index contributed by atoms with van der Waals surface area (Å²) in [7, 11) is 1.63. The highest BCUT2D eigenvalue weighted by atomic mass is 35.5. The Bertz CT molecular complexity index is 1450. The number of aromatic nitrogens is 5. The number of terminal acetylenes is 1. The van der Waals surface area contributed by atoms with E-state index in [0.717, 1.165) is 0 Å². The van der Waals surface area contributed by atoms with Gasteiger partial charge in [0.1, 0.15) is 6.10 Å². The third kappa shape index (κ3) is 6.01. The maximum Gasteiger partial charge on any atom is 0.342 e. The zero-order chi connectivity index (χ0) is 28.0. The van der Waals surface area contributed by atoms with Crippen molar-refractivity contribution in [3.63, 3.8) is 0 Å². The smallest absolute Gasteiger partial charge is 0.342 e. The van der Waals surface area contributed by atoms with E-state index in [0.29, 0.717) is 16.9 Å². The van der Waals surface area contributed by atoms with Crippen LogP contribution in [0.1, 0.15) is 17.5 Å². The molecule has 39 heavy (non-hydrogen) atoms. The molecular weight excluding hydrogens is 548 g/mol. The van der Waals surface area contributed by atoms with Gasteiger partial charge in [-0.05, 0) is 17.2 Å². The minimum absolute atomic E-state index is 0.0319. The summed E-state index contributed by atoms with van der Waals surface area (Å²) < 4.78 is 13.3. The first-order valence-electron chi connectivity index (χ1n) is 11.6. The molecule has 204 valence electrons. The molecule has 0 saturated carbocycles. The van der Waals surface area contributed by atoms with Crippen molar-refractivity contribution in [2.24, 2.45) is 0 Å². The number of anilines is 1. The first-order chi connectivity index (χ1) is 18.8. The van der Waals surface area contributed by atoms with E-state index >= 15 is 0 Å². The lowest BCUT2D eigenvalue weighted by Crippen LogP contribution is -2.44. The van der Waals surface area contributed by atoms with Gasteiger partial charge in [-0.15, -0.1) is 17.8 Å². The van der Waals surface area contributed by atoms with Crippen molar-refractivity contribution in [3.05, 3.63) is 64.1 Å². The number of carboxylic acid groups (broad SMARTS) is 1. The van der Waals surface area contributed by atoms with Crippen LogP contribution in [0.15, 0.2) is 47.5 Å². The Morgan fingerprint density at radius 3 is 2.69 bits per heavy atom. The van der Waals surface area contributed by atoms with Crippen LogP contribution in [0.2, 0.25) is 5.28 Å². The van der Waals surface area contributed by atoms with Gasteiger partial charge in [0, 0.05) is 18.8 Å². The van der Waals surface area contributed by atoms with Crippen molar-refractivity contribution in [1.29, 1.82) is 0 Å². The molecule has 0 amide bonds. The fraction of sp³-hybridized carbons (Fsp3) is 0.320. The van der Waals surface area contributed by atoms with E-state index in [1.54, 1.807) is 36.7 Å². The van der Waals surface area contributed by atoms with Gasteiger partial charge in [-0.2, -0.15) is 9.97 Å². The number of rotatable bonds is 13. The highest BCUT2D eigenvalue weighted by molar-refractivity contribution is 7.07. The topological polar surface area (TPSA) is 165 Å². The molecule has 3 heterocycles. The van der Waals surface area contributed by atoms with Crippen LogP contribution in [0.5, 0.6) is 0 Å². The number of nitrogens with one attached hydrogen (secondary N) is 1. The summed E-state index contributed by atoms with van der Waals surface area (Å²) in [6.07, 6.45) is 2.89. The fourth-order valence-corrected chi connectivity index (χ4v) is 4.73. The predicted octanol–water partition coefficient (Wildman–Crippen LogP) is 2.09. The monoisotopic (exact) mass is 572 g/mol. The Kier molecular flexibility index (Phi) is 9.08. The van der Waals surface area contributed by atoms with E-state index in [2.05, 4.69) is 31.2 Å². The Morgan fingerprint density at radius 2 is 2.08 bits per heavy atom. The number of hydrogen-bond donors (Lipinski definition) is 4. The van der Waals surface area contributed by atoms with E-state index in [9.17, 15) is 20.1 Å². The molecule has 0 fully saturated rings. The molecule has 4 aromatic rings. The van der Waals surface area contributed by atoms with Gasteiger partial charge in [0.05, 0.1) is 30.7 Å². The number of aliphatic carboxylic acids is 1. The molecule has 4 rings (SSSR count). The number of benzene rings is 1. The van der Waals surface area contributed by atoms with Crippen molar-refractivity contribution in [2.45, 2.75) is 30.5 Å². The lowest BCUT2D eigenvalue weighted by atomic mass is 9.91. The average molecular weight is 573 g/mol. The van der Waals surface area contributed by atoms with Gasteiger partial charge in [-0.3, -0.25) is 4.57 Å². The third-order valence-corrected chi connectivity index (χ3v) is 6.64. The molecule has 0 radical (unpaired) electrons. The number of aliphatic hydroxyl groups excluding tert-OH is 2. The Balaban J connectivity index is 1.64. The largest absolute Gasteiger partial charge is 0.479 e. The van der Waals surface area contributed by atoms with Gasteiger partial charge >= 0.3 is 5.97 Å². The number of carboxylic acids is 1. The van der Waals surface area contributed by atoms with Crippen molar-refractivity contribution in [3.8, 4) is 12.3 Å². The second kappa shape index (κ2) is 12.5. The van der Waals surface area contributed by atoms with Crippen LogP contribution in [-0.4, -0.2) is 78.3 Å². The van der Waals surface area contributed by atoms with E-state index < -0.39 is 36.6 Å². The number of ether oxygens (including phenoxy) is 2. The number of hydrogen-bond acceptors (Lipinski definition) is 11. The molecule has 0 bridgehead atoms. The molecule has 0 saturated heterocycles. The van der Waals surface area contributed by atoms with Crippen LogP contribution in [0, 0.1) is 12.3 Å². The standard InChI is InChI=1S/C25H25ClN6O6S/c1-3-17(34)22(32-13-28-19-20(27-2)30-24(26)31-21(19)32)38-16(10-33)11-37-25(23(35)36,18-12-39-14-29-18)9-15-7-5-4-6-8-15/h1,4-8,12-14,16-17,22,33-34H,9-11H2,2H3,(H,35,36)(H,27,30,31)/t16-,17+,22+,25-/m0/s1. The van der Waals surface area contributed by atoms with E-state index in [1.165, 1.54) is 27.7 Å². The highest BCUT2D eigenvalue weighted by Gasteiger charge is 2.44. The van der Waals surface area contributed by atoms with E-state index in [-0.39, 0.29) is 29.7 Å². The second-order valence-electron chi connectivity index (χ2n) is 8.34. The third-order valence-electron chi connectivity index (χ3n) is 5.88. The van der Waals surface area contributed by atoms with Gasteiger partial charge in [0.15, 0.2) is 29.3 Å². The van der Waals surface area contributed by atoms with Crippen LogP contribution in [0.25, 0.3) is 11.2 Å². The number of aliphatic hydroxyl groups is 2. The normalized spacial score (nSPS) is 15.3. The summed E-state index contributed by atoms with van der Waals surface area (Å²) in [5, 5.41) is 35.5. The van der Waals surface area contributed by atoms with Crippen LogP contribution in [0.3, 0.4) is 0 Å². The highest BCUT2D eigenvalue weighted by Crippen LogP contribution is 2.32. The summed E-state index contributed by atoms with van der Waals surface area (Å²) in [5.41, 5.74) is 1.10. The summed E-state index contributed by atoms with van der Waals surface area (Å²) in [4.78, 5) is 29.4. The Labute approximate surface area is 232 Å². The quantitative estimate of drug-likeness (QED) is 0.137. The Hall–Kier alpha value is -3.64. The zero-order valence-corrected chi connectivity index (χ0v) is 22.2. The Morgan fingerprint density at radius 1 is 1.31 bits per heavy atom. The first-order valence-corrected chi connectivity index (χ1v) is 12.9. The van der Waals surface area contributed by atoms with Crippen molar-refractivity contribution < 1.29 is 29.6 Å². The molecule has 0 aliphatic heterocycles. The number of imidazole rings is 1. The van der Waals surface area contributed by atoms with Crippen LogP contribution in [0.4, 0.5) is 5.82 Å². The van der Waals surface area contributed by atoms with E-state index in [4.69, 9.17) is 27.5 Å². The summed E-state index contributed by atoms with van der Waals surface area (Å²) in [6, 6.07) is 8.96. The van der Waals surface area contributed by atoms with Crippen molar-refractivity contribution >= 4 is 45.9 Å². The minimum Gasteiger partial charge on any atom is -0.479 e. The van der Waals surface area contributed by atoms with Gasteiger partial charge in [-0.25, -0.2) is 14.8 Å². The molecule has 14 heteroatoms. The van der Waals surface area contributed by atoms with Gasteiger partial charge in [-0.1, -0.05) is 36.3 Å². The molecule has 4 atom stereocenters. The predicted molar refractivity (Wildman–Crippen MR) is 143 cm³/mol. The van der Waals surface area contributed by atoms with Gasteiger partial charge in [0.25, 0.3) is 0 Å². The van der Waals surface area contributed by atoms with Crippen molar-refractivity contribution in [1.82, 2.24) is 24.5 Å². The van der Waals surface area contributed by atoms with Crippen molar-refractivity contribution in [2.75, 3.05) is 25.6 Å². The summed E-state index contributed by atoms with van der Waals surface area (Å²) in [5.74, 6) is 1.28. The molecular formula is C25H25ClN6O6S. The first kappa shape index (κ1) is 28.4. The zero-order valence-electron chi connectivity index (χ0n) is 20.6. The molecule has 12 nitrogen and oxygen atoms in total. The molecule has 1 aromatic carbocycles. The number of fused-ring (bicyclic) bond motifs is 1. The molecule has 0 unspecified atom stereocenters. The number of carbonyl (C=O) groups is 1. The number of nitrogens with zero attached hydrogens (tertiary/aromatic N) is 5. The fourth-order valence-electron chi connectivity index (χ4n) is 3.95. The number of thiazole rings is 1. The lowest BCUT2D eigenvalue weighted by Gasteiger charge is -2.32. The maximum atomic E-state index is 12.7. The molecule has 0 aliphatic carbocycles. The van der Waals surface area contributed by atoms with Gasteiger partial charge < -0.3 is 30.1 Å². The molecule has 4 N–H and O–H groups in total. The molecule has 3 aromatic heterocycles. The van der Waals surface area contributed by atoms with Crippen LogP contribution >= 0.6 is 22.9 Å². The SMILES string of the molecule is C#C[C@@H](O)[C@@H](O[C@@H](CO)CO[C@](Cc1ccccc1)(C(=O)O)c1cscn1)n1cnc2c(NC)nc(Cl)nc21. The van der Waals surface area contributed by atoms with E-state index in [1.807, 2.05) is 6.07 Å². The minimum atomic E-state index is -1.87. The van der Waals surface area contributed by atoms with Crippen LogP contribution in [-0.2, 0) is 26.3 Å².